The molecule has 0 amide bonds. The van der Waals surface area contributed by atoms with Gasteiger partial charge in [-0.3, -0.25) is 0 Å². The predicted molar refractivity (Wildman–Crippen MR) is 122 cm³/mol. The summed E-state index contributed by atoms with van der Waals surface area (Å²) in [6, 6.07) is 0. The van der Waals surface area contributed by atoms with Crippen LogP contribution < -0.4 is 51.4 Å². The Hall–Kier alpha value is 1.48. The molecule has 0 aromatic rings. The number of halogens is 1. The summed E-state index contributed by atoms with van der Waals surface area (Å²) in [5.41, 5.74) is 0. The number of rotatable bonds is 22. The maximum absolute atomic E-state index is 14.9. The van der Waals surface area contributed by atoms with E-state index < -0.39 is 15.1 Å². The molecule has 0 aliphatic rings. The van der Waals surface area contributed by atoms with Crippen molar-refractivity contribution in [2.75, 3.05) is 0 Å². The van der Waals surface area contributed by atoms with Crippen LogP contribution in [0.2, 0.25) is 0 Å². The Labute approximate surface area is 230 Å². The molecular weight excluding hydrogens is 426 g/mol. The van der Waals surface area contributed by atoms with Crippen LogP contribution in [0.4, 0.5) is 4.39 Å². The van der Waals surface area contributed by atoms with E-state index in [-0.39, 0.29) is 64.2 Å². The minimum Gasteiger partial charge on any atom is -0.745 e. The van der Waals surface area contributed by atoms with Gasteiger partial charge < -0.3 is 4.55 Å². The van der Waals surface area contributed by atoms with Crippen LogP contribution in [0.5, 0.6) is 0 Å². The number of hydrogen-bond donors (Lipinski definition) is 0. The second-order valence-corrected chi connectivity index (χ2v) is 10.5. The van der Waals surface area contributed by atoms with E-state index in [0.717, 1.165) is 38.5 Å². The van der Waals surface area contributed by atoms with Gasteiger partial charge >= 0.3 is 51.4 Å². The molecule has 0 bridgehead atoms. The third-order valence-electron chi connectivity index (χ3n) is 6.01. The second-order valence-electron chi connectivity index (χ2n) is 8.85. The fraction of sp³-hybridized carbons (Fsp3) is 1.00. The van der Waals surface area contributed by atoms with Gasteiger partial charge in [-0.15, -0.1) is 0 Å². The molecule has 1 unspecified atom stereocenters. The van der Waals surface area contributed by atoms with E-state index in [1.165, 1.54) is 70.6 Å². The van der Waals surface area contributed by atoms with E-state index in [1.807, 2.05) is 0 Å². The van der Waals surface area contributed by atoms with Gasteiger partial charge in [-0.05, 0) is 25.7 Å². The molecule has 0 aromatic carbocycles. The van der Waals surface area contributed by atoms with Crippen LogP contribution in [0.15, 0.2) is 0 Å². The zero-order valence-electron chi connectivity index (χ0n) is 20.4. The van der Waals surface area contributed by atoms with Crippen molar-refractivity contribution in [2.45, 2.75) is 154 Å². The summed E-state index contributed by atoms with van der Waals surface area (Å²) in [5.74, 6) is 0. The Morgan fingerprint density at radius 2 is 0.800 bits per heavy atom. The van der Waals surface area contributed by atoms with Crippen molar-refractivity contribution in [1.29, 1.82) is 0 Å². The molecule has 0 rings (SSSR count). The number of hydrogen-bond acceptors (Lipinski definition) is 3. The molecule has 30 heavy (non-hydrogen) atoms. The third kappa shape index (κ3) is 19.0. The van der Waals surface area contributed by atoms with Gasteiger partial charge in [-0.1, -0.05) is 123 Å². The molecule has 0 saturated carbocycles. The fourth-order valence-corrected chi connectivity index (χ4v) is 4.74. The van der Waals surface area contributed by atoms with Gasteiger partial charge in [0.1, 0.15) is 10.1 Å². The summed E-state index contributed by atoms with van der Waals surface area (Å²) in [6.45, 7) is 4.41. The van der Waals surface area contributed by atoms with Crippen LogP contribution in [-0.2, 0) is 10.1 Å². The fourth-order valence-electron chi connectivity index (χ4n) is 3.95. The zero-order chi connectivity index (χ0) is 21.8. The van der Waals surface area contributed by atoms with E-state index >= 15 is 0 Å². The van der Waals surface area contributed by atoms with Crippen LogP contribution >= 0.6 is 0 Å². The Morgan fingerprint density at radius 3 is 1.03 bits per heavy atom. The molecule has 0 N–H and O–H groups in total. The first-order chi connectivity index (χ1) is 13.9. The topological polar surface area (TPSA) is 57.2 Å². The Balaban J connectivity index is 0. The van der Waals surface area contributed by atoms with Crippen molar-refractivity contribution in [3.05, 3.63) is 0 Å². The largest absolute Gasteiger partial charge is 1.00 e. The Kier molecular flexibility index (Phi) is 25.0. The SMILES string of the molecule is CCCCCCCCCCCCC(F)(CCCCCCCCCCC)S(=O)(=O)[O-].[K+]. The van der Waals surface area contributed by atoms with Crippen molar-refractivity contribution in [3.8, 4) is 0 Å². The van der Waals surface area contributed by atoms with Crippen molar-refractivity contribution < 1.29 is 68.7 Å². The van der Waals surface area contributed by atoms with Crippen LogP contribution in [0.3, 0.4) is 0 Å². The first kappa shape index (κ1) is 33.6. The van der Waals surface area contributed by atoms with Gasteiger partial charge in [-0.2, -0.15) is 0 Å². The van der Waals surface area contributed by atoms with Gasteiger partial charge in [0, 0.05) is 0 Å². The van der Waals surface area contributed by atoms with E-state index in [2.05, 4.69) is 13.8 Å². The third-order valence-corrected chi connectivity index (χ3v) is 7.31. The monoisotopic (exact) mass is 474 g/mol. The molecule has 0 fully saturated rings. The van der Waals surface area contributed by atoms with Crippen LogP contribution in [0, 0.1) is 0 Å². The van der Waals surface area contributed by atoms with Crippen molar-refractivity contribution in [2.24, 2.45) is 0 Å². The average Bonchev–Trinajstić information content (AvgIpc) is 2.67. The summed E-state index contributed by atoms with van der Waals surface area (Å²) in [7, 11) is -4.90. The smallest absolute Gasteiger partial charge is 0.745 e. The maximum Gasteiger partial charge on any atom is 1.00 e. The second kappa shape index (κ2) is 22.3. The number of alkyl halides is 1. The summed E-state index contributed by atoms with van der Waals surface area (Å²) in [4.78, 5) is 0. The summed E-state index contributed by atoms with van der Waals surface area (Å²) in [6.07, 6.45) is 20.4. The van der Waals surface area contributed by atoms with Crippen molar-refractivity contribution in [1.82, 2.24) is 0 Å². The summed E-state index contributed by atoms with van der Waals surface area (Å²) in [5, 5.41) is -2.56. The minimum atomic E-state index is -4.90. The van der Waals surface area contributed by atoms with Crippen molar-refractivity contribution in [3.63, 3.8) is 0 Å². The van der Waals surface area contributed by atoms with Gasteiger partial charge in [0.05, 0.1) is 0 Å². The molecule has 6 heteroatoms. The first-order valence-electron chi connectivity index (χ1n) is 12.5. The molecule has 0 aliphatic heterocycles. The molecular formula is C24H48FKO3S. The number of unbranched alkanes of at least 4 members (excludes halogenated alkanes) is 17. The van der Waals surface area contributed by atoms with Gasteiger partial charge in [0.2, 0.25) is 0 Å². The van der Waals surface area contributed by atoms with E-state index in [0.29, 0.717) is 12.8 Å². The molecule has 3 nitrogen and oxygen atoms in total. The standard InChI is InChI=1S/C24H49FO3S.K/c1-3-5-7-9-11-13-15-17-19-21-23-24(25,29(26,27)28)22-20-18-16-14-12-10-8-6-4-2;/h3-23H2,1-2H3,(H,26,27,28);/q;+1/p-1. The molecule has 0 saturated heterocycles. The van der Waals surface area contributed by atoms with E-state index in [1.54, 1.807) is 0 Å². The molecule has 0 heterocycles. The Bertz CT molecular complexity index is 459. The van der Waals surface area contributed by atoms with Crippen LogP contribution in [0.25, 0.3) is 0 Å². The van der Waals surface area contributed by atoms with Crippen LogP contribution in [0.1, 0.15) is 149 Å². The van der Waals surface area contributed by atoms with Gasteiger partial charge in [-0.25, -0.2) is 12.8 Å². The molecule has 176 valence electrons. The minimum absolute atomic E-state index is 0. The maximum atomic E-state index is 14.9. The zero-order valence-corrected chi connectivity index (χ0v) is 24.3. The first-order valence-corrected chi connectivity index (χ1v) is 13.9. The molecule has 0 aliphatic carbocycles. The van der Waals surface area contributed by atoms with E-state index in [9.17, 15) is 17.4 Å². The summed E-state index contributed by atoms with van der Waals surface area (Å²) < 4.78 is 49.3. The normalized spacial score (nSPS) is 13.7. The predicted octanol–water partition coefficient (Wildman–Crippen LogP) is 5.43. The van der Waals surface area contributed by atoms with Crippen molar-refractivity contribution >= 4 is 10.1 Å². The summed E-state index contributed by atoms with van der Waals surface area (Å²) >= 11 is 0. The molecule has 0 spiro atoms. The van der Waals surface area contributed by atoms with Gasteiger partial charge in [0.15, 0.2) is 5.00 Å². The Morgan fingerprint density at radius 1 is 0.567 bits per heavy atom. The molecule has 1 atom stereocenters. The van der Waals surface area contributed by atoms with Gasteiger partial charge in [0.25, 0.3) is 0 Å². The molecule has 0 radical (unpaired) electrons. The molecule has 0 aromatic heterocycles. The average molecular weight is 475 g/mol. The van der Waals surface area contributed by atoms with E-state index in [4.69, 9.17) is 0 Å². The van der Waals surface area contributed by atoms with Crippen LogP contribution in [-0.4, -0.2) is 18.0 Å². The quantitative estimate of drug-likeness (QED) is 0.119.